The Balaban J connectivity index is 3.07. The molecule has 0 fully saturated rings. The highest BCUT2D eigenvalue weighted by atomic mass is 32.2. The van der Waals surface area contributed by atoms with Gasteiger partial charge < -0.3 is 5.32 Å². The van der Waals surface area contributed by atoms with Crippen molar-refractivity contribution >= 4 is 23.1 Å². The molecule has 1 rings (SSSR count). The molecular weight excluding hydrogens is 247 g/mol. The van der Waals surface area contributed by atoms with Crippen LogP contribution in [0.5, 0.6) is 0 Å². The maximum absolute atomic E-state index is 12.0. The van der Waals surface area contributed by atoms with E-state index in [1.807, 2.05) is 0 Å². The highest BCUT2D eigenvalue weighted by Gasteiger charge is 2.31. The summed E-state index contributed by atoms with van der Waals surface area (Å²) in [7, 11) is 1.42. The van der Waals surface area contributed by atoms with Crippen LogP contribution >= 0.6 is 11.8 Å². The van der Waals surface area contributed by atoms with Crippen LogP contribution in [0.3, 0.4) is 0 Å². The van der Waals surface area contributed by atoms with E-state index in [4.69, 9.17) is 0 Å². The molecule has 16 heavy (non-hydrogen) atoms. The van der Waals surface area contributed by atoms with Gasteiger partial charge in [0.15, 0.2) is 0 Å². The van der Waals surface area contributed by atoms with Gasteiger partial charge in [0.2, 0.25) is 0 Å². The van der Waals surface area contributed by atoms with Crippen molar-refractivity contribution in [3.63, 3.8) is 0 Å². The molecule has 0 aliphatic rings. The first-order valence-corrected chi connectivity index (χ1v) is 4.73. The number of alkyl halides is 3. The lowest BCUT2D eigenvalue weighted by molar-refractivity contribution is -0.384. The summed E-state index contributed by atoms with van der Waals surface area (Å²) in [6.45, 7) is 0. The van der Waals surface area contributed by atoms with Crippen molar-refractivity contribution < 1.29 is 18.1 Å². The number of aromatic nitrogens is 1. The van der Waals surface area contributed by atoms with Crippen LogP contribution in [0.25, 0.3) is 0 Å². The molecule has 0 aliphatic heterocycles. The molecule has 0 unspecified atom stereocenters. The number of nitro groups is 1. The first kappa shape index (κ1) is 12.6. The summed E-state index contributed by atoms with van der Waals surface area (Å²) in [5, 5.41) is 12.6. The zero-order valence-electron chi connectivity index (χ0n) is 7.91. The molecule has 0 radical (unpaired) electrons. The van der Waals surface area contributed by atoms with Crippen LogP contribution in [0.1, 0.15) is 0 Å². The van der Waals surface area contributed by atoms with Crippen molar-refractivity contribution in [2.75, 3.05) is 12.4 Å². The standard InChI is InChI=1S/C7H6F3N3O2S/c1-11-4-3-12-6(16-7(8,9)10)2-5(4)13(14)15/h2-3,11H,1H3. The van der Waals surface area contributed by atoms with Crippen LogP contribution < -0.4 is 5.32 Å². The van der Waals surface area contributed by atoms with Crippen molar-refractivity contribution in [1.29, 1.82) is 0 Å². The predicted octanol–water partition coefficient (Wildman–Crippen LogP) is 2.64. The molecule has 0 aliphatic carbocycles. The Morgan fingerprint density at radius 1 is 1.56 bits per heavy atom. The number of rotatable bonds is 3. The molecule has 0 atom stereocenters. The number of hydrogen-bond donors (Lipinski definition) is 1. The quantitative estimate of drug-likeness (QED) is 0.509. The number of anilines is 1. The number of thioether (sulfide) groups is 1. The Morgan fingerprint density at radius 3 is 2.62 bits per heavy atom. The van der Waals surface area contributed by atoms with E-state index in [1.54, 1.807) is 0 Å². The molecule has 9 heteroatoms. The Labute approximate surface area is 92.2 Å². The lowest BCUT2D eigenvalue weighted by Crippen LogP contribution is -2.02. The fourth-order valence-corrected chi connectivity index (χ4v) is 1.46. The van der Waals surface area contributed by atoms with Gasteiger partial charge in [-0.15, -0.1) is 0 Å². The minimum absolute atomic E-state index is 0.0662. The Hall–Kier alpha value is -1.51. The van der Waals surface area contributed by atoms with Gasteiger partial charge in [0.05, 0.1) is 17.2 Å². The van der Waals surface area contributed by atoms with Gasteiger partial charge in [-0.25, -0.2) is 4.98 Å². The summed E-state index contributed by atoms with van der Waals surface area (Å²) in [6.07, 6.45) is 0.992. The van der Waals surface area contributed by atoms with Gasteiger partial charge in [-0.05, 0) is 0 Å². The molecule has 0 bridgehead atoms. The third kappa shape index (κ3) is 3.26. The summed E-state index contributed by atoms with van der Waals surface area (Å²) in [5.41, 5.74) is -4.89. The topological polar surface area (TPSA) is 68.1 Å². The fourth-order valence-electron chi connectivity index (χ4n) is 0.944. The molecule has 5 nitrogen and oxygen atoms in total. The first-order chi connectivity index (χ1) is 7.33. The van der Waals surface area contributed by atoms with Crippen molar-refractivity contribution in [2.45, 2.75) is 10.5 Å². The lowest BCUT2D eigenvalue weighted by atomic mass is 10.3. The molecule has 0 amide bonds. The minimum Gasteiger partial charge on any atom is -0.381 e. The number of pyridine rings is 1. The zero-order chi connectivity index (χ0) is 12.3. The van der Waals surface area contributed by atoms with E-state index >= 15 is 0 Å². The average molecular weight is 253 g/mol. The van der Waals surface area contributed by atoms with Gasteiger partial charge in [0.25, 0.3) is 5.69 Å². The van der Waals surface area contributed by atoms with Crippen LogP contribution in [0.4, 0.5) is 24.5 Å². The SMILES string of the molecule is CNc1cnc(SC(F)(F)F)cc1[N+](=O)[O-]. The van der Waals surface area contributed by atoms with Crippen molar-refractivity contribution in [1.82, 2.24) is 4.98 Å². The van der Waals surface area contributed by atoms with Crippen LogP contribution in [-0.4, -0.2) is 22.5 Å². The molecule has 0 saturated carbocycles. The summed E-state index contributed by atoms with van der Waals surface area (Å²) < 4.78 is 36.0. The largest absolute Gasteiger partial charge is 0.447 e. The molecule has 1 aromatic rings. The third-order valence-corrected chi connectivity index (χ3v) is 2.21. The molecule has 1 aromatic heterocycles. The van der Waals surface area contributed by atoms with E-state index in [0.29, 0.717) is 0 Å². The van der Waals surface area contributed by atoms with E-state index in [9.17, 15) is 23.3 Å². The second-order valence-corrected chi connectivity index (χ2v) is 3.68. The Bertz CT molecular complexity index is 410. The molecule has 1 N–H and O–H groups in total. The van der Waals surface area contributed by atoms with Crippen molar-refractivity contribution in [3.8, 4) is 0 Å². The highest BCUT2D eigenvalue weighted by molar-refractivity contribution is 8.00. The summed E-state index contributed by atoms with van der Waals surface area (Å²) in [6, 6.07) is 0.782. The molecule has 1 heterocycles. The molecule has 88 valence electrons. The first-order valence-electron chi connectivity index (χ1n) is 3.91. The third-order valence-electron chi connectivity index (χ3n) is 1.54. The van der Waals surface area contributed by atoms with Gasteiger partial charge in [0, 0.05) is 18.8 Å². The van der Waals surface area contributed by atoms with Crippen LogP contribution in [0.15, 0.2) is 17.3 Å². The monoisotopic (exact) mass is 253 g/mol. The predicted molar refractivity (Wildman–Crippen MR) is 52.4 cm³/mol. The number of nitrogens with zero attached hydrogens (tertiary/aromatic N) is 2. The van der Waals surface area contributed by atoms with Gasteiger partial charge >= 0.3 is 5.51 Å². The number of halogens is 3. The molecule has 0 saturated heterocycles. The average Bonchev–Trinajstić information content (AvgIpc) is 2.15. The van der Waals surface area contributed by atoms with Crippen molar-refractivity contribution in [3.05, 3.63) is 22.4 Å². The van der Waals surface area contributed by atoms with E-state index in [0.717, 1.165) is 12.3 Å². The number of hydrogen-bond acceptors (Lipinski definition) is 5. The van der Waals surface area contributed by atoms with Gasteiger partial charge in [-0.1, -0.05) is 0 Å². The van der Waals surface area contributed by atoms with E-state index in [1.165, 1.54) is 7.05 Å². The van der Waals surface area contributed by atoms with E-state index < -0.39 is 32.9 Å². The van der Waals surface area contributed by atoms with Crippen LogP contribution in [0, 0.1) is 10.1 Å². The van der Waals surface area contributed by atoms with Crippen LogP contribution in [0.2, 0.25) is 0 Å². The zero-order valence-corrected chi connectivity index (χ0v) is 8.72. The Kier molecular flexibility index (Phi) is 3.58. The number of nitrogens with one attached hydrogen (secondary N) is 1. The smallest absolute Gasteiger partial charge is 0.381 e. The summed E-state index contributed by atoms with van der Waals surface area (Å²) in [5.74, 6) is 0. The molecule has 0 spiro atoms. The van der Waals surface area contributed by atoms with E-state index in [-0.39, 0.29) is 5.69 Å². The lowest BCUT2D eigenvalue weighted by Gasteiger charge is -2.06. The maximum atomic E-state index is 12.0. The second kappa shape index (κ2) is 4.56. The van der Waals surface area contributed by atoms with Crippen LogP contribution in [-0.2, 0) is 0 Å². The highest BCUT2D eigenvalue weighted by Crippen LogP contribution is 2.38. The van der Waals surface area contributed by atoms with Crippen molar-refractivity contribution in [2.24, 2.45) is 0 Å². The second-order valence-electron chi connectivity index (χ2n) is 2.59. The fraction of sp³-hybridized carbons (Fsp3) is 0.286. The van der Waals surface area contributed by atoms with Gasteiger partial charge in [0.1, 0.15) is 10.7 Å². The minimum atomic E-state index is -4.51. The van der Waals surface area contributed by atoms with Gasteiger partial charge in [-0.2, -0.15) is 13.2 Å². The molecular formula is C7H6F3N3O2S. The normalized spacial score (nSPS) is 11.2. The summed E-state index contributed by atoms with van der Waals surface area (Å²) in [4.78, 5) is 13.2. The maximum Gasteiger partial charge on any atom is 0.447 e. The summed E-state index contributed by atoms with van der Waals surface area (Å²) >= 11 is -0.492. The van der Waals surface area contributed by atoms with Gasteiger partial charge in [-0.3, -0.25) is 10.1 Å². The molecule has 0 aromatic carbocycles. The van der Waals surface area contributed by atoms with E-state index in [2.05, 4.69) is 10.3 Å². The Morgan fingerprint density at radius 2 is 2.19 bits per heavy atom.